The predicted octanol–water partition coefficient (Wildman–Crippen LogP) is 1.28. The van der Waals surface area contributed by atoms with Crippen LogP contribution in [0, 0.1) is 0 Å². The van der Waals surface area contributed by atoms with Gasteiger partial charge in [-0.25, -0.2) is 18.2 Å². The van der Waals surface area contributed by atoms with E-state index >= 15 is 0 Å². The van der Waals surface area contributed by atoms with E-state index in [4.69, 9.17) is 21.1 Å². The second kappa shape index (κ2) is 5.55. The van der Waals surface area contributed by atoms with Gasteiger partial charge in [0.25, 0.3) is 10.0 Å². The molecule has 0 unspecified atom stereocenters. The molecule has 10 heteroatoms. The lowest BCUT2D eigenvalue weighted by Crippen LogP contribution is -2.14. The predicted molar refractivity (Wildman–Crippen MR) is 71.7 cm³/mol. The number of nitrogens with one attached hydrogen (secondary N) is 2. The van der Waals surface area contributed by atoms with Crippen molar-refractivity contribution in [3.05, 3.63) is 23.2 Å². The molecule has 1 heterocycles. The Kier molecular flexibility index (Phi) is 4.00. The van der Waals surface area contributed by atoms with Crippen molar-refractivity contribution < 1.29 is 17.9 Å². The summed E-state index contributed by atoms with van der Waals surface area (Å²) in [6.07, 6.45) is 0. The van der Waals surface area contributed by atoms with Gasteiger partial charge in [-0.3, -0.25) is 0 Å². The summed E-state index contributed by atoms with van der Waals surface area (Å²) in [4.78, 5) is 3.73. The quantitative estimate of drug-likeness (QED) is 0.860. The molecule has 0 aliphatic heterocycles. The maximum atomic E-state index is 12.1. The molecule has 0 atom stereocenters. The Labute approximate surface area is 120 Å². The number of benzene rings is 1. The number of nitrogens with zero attached hydrogens (tertiary/aromatic N) is 2. The van der Waals surface area contributed by atoms with Crippen LogP contribution < -0.4 is 14.2 Å². The lowest BCUT2D eigenvalue weighted by molar-refractivity contribution is 0.382. The lowest BCUT2D eigenvalue weighted by atomic mass is 10.3. The second-order valence-corrected chi connectivity index (χ2v) is 5.66. The number of hydrogen-bond donors (Lipinski definition) is 2. The molecule has 2 rings (SSSR count). The molecular weight excluding hydrogens is 308 g/mol. The number of aromatic nitrogens is 3. The van der Waals surface area contributed by atoms with Crippen molar-refractivity contribution in [2.24, 2.45) is 0 Å². The number of rotatable bonds is 5. The zero-order chi connectivity index (χ0) is 14.8. The molecule has 0 amide bonds. The number of aromatic amines is 1. The Morgan fingerprint density at radius 1 is 1.30 bits per heavy atom. The molecule has 1 aromatic carbocycles. The number of methoxy groups -OCH3 is 2. The standard InChI is InChI=1S/C10H11ClN4O4S/c1-18-8-4-3-6(5-7(8)11)20(16,17)15-9-12-10(19-2)14-13-9/h3-5H,1-2H3,(H2,12,13,14,15). The average Bonchev–Trinajstić information content (AvgIpc) is 2.85. The summed E-state index contributed by atoms with van der Waals surface area (Å²) in [5.74, 6) is 0.320. The van der Waals surface area contributed by atoms with E-state index in [0.29, 0.717) is 5.75 Å². The minimum Gasteiger partial charge on any atom is -0.495 e. The fraction of sp³-hybridized carbons (Fsp3) is 0.200. The number of anilines is 1. The molecule has 2 aromatic rings. The zero-order valence-electron chi connectivity index (χ0n) is 10.5. The van der Waals surface area contributed by atoms with E-state index < -0.39 is 10.0 Å². The first kappa shape index (κ1) is 14.4. The number of halogens is 1. The van der Waals surface area contributed by atoms with Crippen molar-refractivity contribution in [1.29, 1.82) is 0 Å². The van der Waals surface area contributed by atoms with Gasteiger partial charge in [-0.2, -0.15) is 4.98 Å². The van der Waals surface area contributed by atoms with Crippen molar-refractivity contribution in [2.45, 2.75) is 4.90 Å². The Morgan fingerprint density at radius 2 is 2.05 bits per heavy atom. The Morgan fingerprint density at radius 3 is 2.60 bits per heavy atom. The average molecular weight is 319 g/mol. The van der Waals surface area contributed by atoms with Crippen molar-refractivity contribution in [1.82, 2.24) is 15.2 Å². The highest BCUT2D eigenvalue weighted by atomic mass is 35.5. The van der Waals surface area contributed by atoms with Crippen LogP contribution in [0.2, 0.25) is 5.02 Å². The van der Waals surface area contributed by atoms with E-state index in [1.807, 2.05) is 0 Å². The van der Waals surface area contributed by atoms with Crippen molar-refractivity contribution >= 4 is 27.6 Å². The lowest BCUT2D eigenvalue weighted by Gasteiger charge is -2.07. The summed E-state index contributed by atoms with van der Waals surface area (Å²) < 4.78 is 36.1. The normalized spacial score (nSPS) is 11.2. The summed E-state index contributed by atoms with van der Waals surface area (Å²) in [6, 6.07) is 4.12. The first-order valence-corrected chi connectivity index (χ1v) is 7.15. The number of ether oxygens (including phenoxy) is 2. The van der Waals surface area contributed by atoms with Gasteiger partial charge < -0.3 is 9.47 Å². The Hall–Kier alpha value is -2.00. The van der Waals surface area contributed by atoms with E-state index in [1.165, 1.54) is 32.4 Å². The van der Waals surface area contributed by atoms with Gasteiger partial charge in [0.2, 0.25) is 5.95 Å². The number of hydrogen-bond acceptors (Lipinski definition) is 6. The van der Waals surface area contributed by atoms with Gasteiger partial charge in [0.15, 0.2) is 0 Å². The summed E-state index contributed by atoms with van der Waals surface area (Å²) >= 11 is 5.89. The highest BCUT2D eigenvalue weighted by Crippen LogP contribution is 2.27. The van der Waals surface area contributed by atoms with Crippen LogP contribution in [0.1, 0.15) is 0 Å². The number of H-pyrrole nitrogens is 1. The van der Waals surface area contributed by atoms with Crippen LogP contribution in [0.15, 0.2) is 23.1 Å². The Balaban J connectivity index is 2.28. The molecule has 0 spiro atoms. The third kappa shape index (κ3) is 2.94. The maximum absolute atomic E-state index is 12.1. The van der Waals surface area contributed by atoms with E-state index in [0.717, 1.165) is 0 Å². The van der Waals surface area contributed by atoms with Gasteiger partial charge >= 0.3 is 6.01 Å². The molecule has 0 saturated heterocycles. The van der Waals surface area contributed by atoms with Crippen LogP contribution in [-0.4, -0.2) is 37.8 Å². The first-order chi connectivity index (χ1) is 9.46. The van der Waals surface area contributed by atoms with Gasteiger partial charge in [0, 0.05) is 0 Å². The van der Waals surface area contributed by atoms with E-state index in [-0.39, 0.29) is 21.9 Å². The summed E-state index contributed by atoms with van der Waals surface area (Å²) in [6.45, 7) is 0. The van der Waals surface area contributed by atoms with E-state index in [1.54, 1.807) is 0 Å². The largest absolute Gasteiger partial charge is 0.495 e. The monoisotopic (exact) mass is 318 g/mol. The van der Waals surface area contributed by atoms with Crippen LogP contribution in [0.5, 0.6) is 11.8 Å². The minimum atomic E-state index is -3.84. The molecule has 0 radical (unpaired) electrons. The third-order valence-corrected chi connectivity index (χ3v) is 3.94. The smallest absolute Gasteiger partial charge is 0.336 e. The third-order valence-electron chi connectivity index (χ3n) is 2.31. The molecule has 0 saturated carbocycles. The topological polar surface area (TPSA) is 106 Å². The van der Waals surface area contributed by atoms with Crippen molar-refractivity contribution in [3.63, 3.8) is 0 Å². The summed E-state index contributed by atoms with van der Waals surface area (Å²) in [5, 5.41) is 6.20. The van der Waals surface area contributed by atoms with Gasteiger partial charge in [0.1, 0.15) is 5.75 Å². The van der Waals surface area contributed by atoms with Crippen LogP contribution >= 0.6 is 11.6 Å². The molecular formula is C10H11ClN4O4S. The maximum Gasteiger partial charge on any atom is 0.336 e. The van der Waals surface area contributed by atoms with Crippen LogP contribution in [-0.2, 0) is 10.0 Å². The van der Waals surface area contributed by atoms with Gasteiger partial charge in [-0.05, 0) is 18.2 Å². The minimum absolute atomic E-state index is 0.0236. The van der Waals surface area contributed by atoms with Gasteiger partial charge in [-0.15, -0.1) is 5.10 Å². The van der Waals surface area contributed by atoms with E-state index in [2.05, 4.69) is 19.9 Å². The molecule has 0 aliphatic rings. The molecule has 20 heavy (non-hydrogen) atoms. The second-order valence-electron chi connectivity index (χ2n) is 3.57. The fourth-order valence-corrected chi connectivity index (χ4v) is 2.69. The van der Waals surface area contributed by atoms with Crippen molar-refractivity contribution in [3.8, 4) is 11.8 Å². The SMILES string of the molecule is COc1n[nH]c(NS(=O)(=O)c2ccc(OC)c(Cl)c2)n1. The van der Waals surface area contributed by atoms with Gasteiger partial charge in [0.05, 0.1) is 24.1 Å². The summed E-state index contributed by atoms with van der Waals surface area (Å²) in [5.41, 5.74) is 0. The molecule has 8 nitrogen and oxygen atoms in total. The number of sulfonamides is 1. The van der Waals surface area contributed by atoms with Crippen LogP contribution in [0.4, 0.5) is 5.95 Å². The molecule has 0 bridgehead atoms. The highest BCUT2D eigenvalue weighted by Gasteiger charge is 2.18. The van der Waals surface area contributed by atoms with E-state index in [9.17, 15) is 8.42 Å². The summed E-state index contributed by atoms with van der Waals surface area (Å²) in [7, 11) is -1.03. The molecule has 108 valence electrons. The zero-order valence-corrected chi connectivity index (χ0v) is 12.1. The Bertz CT molecular complexity index is 716. The van der Waals surface area contributed by atoms with Crippen molar-refractivity contribution in [2.75, 3.05) is 18.9 Å². The van der Waals surface area contributed by atoms with Crippen LogP contribution in [0.25, 0.3) is 0 Å². The highest BCUT2D eigenvalue weighted by molar-refractivity contribution is 7.92. The molecule has 0 fully saturated rings. The van der Waals surface area contributed by atoms with Gasteiger partial charge in [-0.1, -0.05) is 11.6 Å². The molecule has 1 aromatic heterocycles. The molecule has 2 N–H and O–H groups in total. The fourth-order valence-electron chi connectivity index (χ4n) is 1.38. The van der Waals surface area contributed by atoms with Crippen LogP contribution in [0.3, 0.4) is 0 Å². The molecule has 0 aliphatic carbocycles. The first-order valence-electron chi connectivity index (χ1n) is 5.29.